The number of hydrogen-bond donors (Lipinski definition) is 1. The largest absolute Gasteiger partial charge is 0.410 e. The zero-order valence-electron chi connectivity index (χ0n) is 6.03. The average Bonchev–Trinajstić information content (AvgIpc) is 2.07. The minimum Gasteiger partial charge on any atom is -0.410 e. The van der Waals surface area contributed by atoms with Gasteiger partial charge in [0.25, 0.3) is 0 Å². The lowest BCUT2D eigenvalue weighted by atomic mass is 10.1. The summed E-state index contributed by atoms with van der Waals surface area (Å²) in [6.45, 7) is 0. The molecule has 0 fully saturated rings. The van der Waals surface area contributed by atoms with Crippen LogP contribution in [0.5, 0.6) is 0 Å². The smallest absolute Gasteiger partial charge is 0.186 e. The van der Waals surface area contributed by atoms with Crippen LogP contribution in [0.15, 0.2) is 29.4 Å². The number of nitrogens with zero attached hydrogens (tertiary/aromatic N) is 2. The Morgan fingerprint density at radius 2 is 2.33 bits per heavy atom. The van der Waals surface area contributed by atoms with Crippen LogP contribution in [0, 0.1) is 17.1 Å². The minimum absolute atomic E-state index is 0.200. The predicted molar refractivity (Wildman–Crippen MR) is 40.3 cm³/mol. The third-order valence-electron chi connectivity index (χ3n) is 1.30. The van der Waals surface area contributed by atoms with Gasteiger partial charge in [-0.15, -0.1) is 0 Å². The topological polar surface area (TPSA) is 56.4 Å². The van der Waals surface area contributed by atoms with Crippen molar-refractivity contribution < 1.29 is 9.60 Å². The molecular weight excluding hydrogens is 159 g/mol. The van der Waals surface area contributed by atoms with E-state index in [1.165, 1.54) is 18.2 Å². The van der Waals surface area contributed by atoms with Crippen molar-refractivity contribution in [2.75, 3.05) is 0 Å². The summed E-state index contributed by atoms with van der Waals surface area (Å²) in [6, 6.07) is 6.92. The van der Waals surface area contributed by atoms with Crippen LogP contribution >= 0.6 is 0 Å². The number of halogens is 1. The fourth-order valence-corrected chi connectivity index (χ4v) is 0.780. The molecule has 0 aliphatic carbocycles. The van der Waals surface area contributed by atoms with Crippen molar-refractivity contribution in [2.45, 2.75) is 0 Å². The molecule has 0 radical (unpaired) electrons. The molecule has 0 saturated carbocycles. The average molecular weight is 164 g/mol. The van der Waals surface area contributed by atoms with Crippen molar-refractivity contribution in [2.24, 2.45) is 5.16 Å². The highest BCUT2D eigenvalue weighted by Gasteiger charge is 2.02. The second-order valence-corrected chi connectivity index (χ2v) is 2.07. The summed E-state index contributed by atoms with van der Waals surface area (Å²) in [5.41, 5.74) is 0.0644. The monoisotopic (exact) mass is 164 g/mol. The van der Waals surface area contributed by atoms with E-state index >= 15 is 0 Å². The molecule has 1 aromatic rings. The molecule has 12 heavy (non-hydrogen) atoms. The quantitative estimate of drug-likeness (QED) is 0.388. The Morgan fingerprint density at radius 1 is 1.58 bits per heavy atom. The number of oxime groups is 1. The molecule has 1 aromatic carbocycles. The second-order valence-electron chi connectivity index (χ2n) is 2.07. The molecule has 3 nitrogen and oxygen atoms in total. The highest BCUT2D eigenvalue weighted by molar-refractivity contribution is 6.11. The molecule has 60 valence electrons. The van der Waals surface area contributed by atoms with Gasteiger partial charge in [-0.05, 0) is 12.1 Å². The maximum Gasteiger partial charge on any atom is 0.186 e. The Hall–Kier alpha value is -1.89. The first-order chi connectivity index (χ1) is 5.77. The van der Waals surface area contributed by atoms with Gasteiger partial charge in [0.15, 0.2) is 5.71 Å². The summed E-state index contributed by atoms with van der Waals surface area (Å²) in [6.07, 6.45) is 0. The molecule has 0 spiro atoms. The Morgan fingerprint density at radius 3 is 2.83 bits per heavy atom. The summed E-state index contributed by atoms with van der Waals surface area (Å²) in [4.78, 5) is 0. The molecule has 0 amide bonds. The van der Waals surface area contributed by atoms with Crippen molar-refractivity contribution in [3.8, 4) is 6.07 Å². The van der Waals surface area contributed by atoms with Crippen molar-refractivity contribution >= 4 is 5.71 Å². The van der Waals surface area contributed by atoms with Gasteiger partial charge in [-0.3, -0.25) is 0 Å². The van der Waals surface area contributed by atoms with E-state index in [1.807, 2.05) is 0 Å². The third kappa shape index (κ3) is 1.58. The van der Waals surface area contributed by atoms with E-state index < -0.39 is 5.82 Å². The molecule has 0 atom stereocenters. The van der Waals surface area contributed by atoms with Crippen LogP contribution in [-0.4, -0.2) is 10.9 Å². The molecule has 1 N–H and O–H groups in total. The number of hydrogen-bond acceptors (Lipinski definition) is 3. The van der Waals surface area contributed by atoms with Gasteiger partial charge in [-0.25, -0.2) is 4.39 Å². The maximum absolute atomic E-state index is 12.6. The first kappa shape index (κ1) is 8.21. The zero-order valence-corrected chi connectivity index (χ0v) is 6.03. The highest BCUT2D eigenvalue weighted by Crippen LogP contribution is 2.04. The SMILES string of the molecule is N#C/C(=N/O)c1cccc(F)c1. The minimum atomic E-state index is -0.469. The van der Waals surface area contributed by atoms with E-state index in [1.54, 1.807) is 6.07 Å². The number of benzene rings is 1. The molecule has 0 aliphatic rings. The van der Waals surface area contributed by atoms with Crippen molar-refractivity contribution in [1.29, 1.82) is 5.26 Å². The van der Waals surface area contributed by atoms with Crippen molar-refractivity contribution in [1.82, 2.24) is 0 Å². The first-order valence-corrected chi connectivity index (χ1v) is 3.16. The van der Waals surface area contributed by atoms with Gasteiger partial charge in [0.2, 0.25) is 0 Å². The second kappa shape index (κ2) is 3.49. The van der Waals surface area contributed by atoms with E-state index in [4.69, 9.17) is 10.5 Å². The van der Waals surface area contributed by atoms with Gasteiger partial charge in [0.05, 0.1) is 0 Å². The lowest BCUT2D eigenvalue weighted by Gasteiger charge is -1.94. The van der Waals surface area contributed by atoms with Gasteiger partial charge in [-0.2, -0.15) is 5.26 Å². The fraction of sp³-hybridized carbons (Fsp3) is 0. The van der Waals surface area contributed by atoms with Crippen molar-refractivity contribution in [3.63, 3.8) is 0 Å². The Kier molecular flexibility index (Phi) is 2.38. The summed E-state index contributed by atoms with van der Waals surface area (Å²) in [7, 11) is 0. The first-order valence-electron chi connectivity index (χ1n) is 3.16. The summed E-state index contributed by atoms with van der Waals surface area (Å²) in [5.74, 6) is -0.469. The standard InChI is InChI=1S/C8H5FN2O/c9-7-3-1-2-6(4-7)8(5-10)11-12/h1-4,12H/b11-8-. The van der Waals surface area contributed by atoms with Gasteiger partial charge < -0.3 is 5.21 Å². The molecule has 0 heterocycles. The highest BCUT2D eigenvalue weighted by atomic mass is 19.1. The van der Waals surface area contributed by atoms with Gasteiger partial charge in [0.1, 0.15) is 11.9 Å². The van der Waals surface area contributed by atoms with Crippen LogP contribution in [0.3, 0.4) is 0 Å². The Balaban J connectivity index is 3.13. The number of nitriles is 1. The van der Waals surface area contributed by atoms with Crippen LogP contribution in [0.4, 0.5) is 4.39 Å². The molecule has 0 aliphatic heterocycles. The Bertz CT molecular complexity index is 354. The third-order valence-corrected chi connectivity index (χ3v) is 1.30. The Labute approximate surface area is 68.4 Å². The van der Waals surface area contributed by atoms with Crippen LogP contribution in [0.2, 0.25) is 0 Å². The molecular formula is C8H5FN2O. The molecule has 4 heteroatoms. The summed E-state index contributed by atoms with van der Waals surface area (Å²) < 4.78 is 12.6. The van der Waals surface area contributed by atoms with Gasteiger partial charge in [0, 0.05) is 5.56 Å². The molecule has 1 rings (SSSR count). The van der Waals surface area contributed by atoms with Crippen LogP contribution < -0.4 is 0 Å². The number of rotatable bonds is 1. The molecule has 0 bridgehead atoms. The summed E-state index contributed by atoms with van der Waals surface area (Å²) >= 11 is 0. The summed E-state index contributed by atoms with van der Waals surface area (Å²) in [5, 5.41) is 19.4. The van der Waals surface area contributed by atoms with Crippen LogP contribution in [0.25, 0.3) is 0 Å². The fourth-order valence-electron chi connectivity index (χ4n) is 0.780. The van der Waals surface area contributed by atoms with Gasteiger partial charge in [-0.1, -0.05) is 17.3 Å². The van der Waals surface area contributed by atoms with Crippen molar-refractivity contribution in [3.05, 3.63) is 35.6 Å². The van der Waals surface area contributed by atoms with E-state index in [2.05, 4.69) is 5.16 Å². The maximum atomic E-state index is 12.6. The molecule has 0 unspecified atom stereocenters. The molecule has 0 aromatic heterocycles. The predicted octanol–water partition coefficient (Wildman–Crippen LogP) is 1.53. The van der Waals surface area contributed by atoms with E-state index in [0.717, 1.165) is 6.07 Å². The normalized spacial score (nSPS) is 10.8. The van der Waals surface area contributed by atoms with E-state index in [9.17, 15) is 4.39 Å². The van der Waals surface area contributed by atoms with Crippen LogP contribution in [-0.2, 0) is 0 Å². The van der Waals surface area contributed by atoms with E-state index in [-0.39, 0.29) is 11.3 Å². The lowest BCUT2D eigenvalue weighted by Crippen LogP contribution is -1.96. The molecule has 0 saturated heterocycles. The lowest BCUT2D eigenvalue weighted by molar-refractivity contribution is 0.320. The van der Waals surface area contributed by atoms with E-state index in [0.29, 0.717) is 0 Å². The zero-order chi connectivity index (χ0) is 8.97. The van der Waals surface area contributed by atoms with Crippen LogP contribution in [0.1, 0.15) is 5.56 Å². The van der Waals surface area contributed by atoms with Gasteiger partial charge >= 0.3 is 0 Å².